The van der Waals surface area contributed by atoms with Crippen molar-refractivity contribution < 1.29 is 14.3 Å². The first-order valence-electron chi connectivity index (χ1n) is 6.14. The van der Waals surface area contributed by atoms with Crippen molar-refractivity contribution >= 4 is 17.6 Å². The monoisotopic (exact) mass is 294 g/mol. The Labute approximate surface area is 122 Å². The molecule has 0 unspecified atom stereocenters. The Kier molecular flexibility index (Phi) is 4.29. The van der Waals surface area contributed by atoms with Crippen molar-refractivity contribution in [1.29, 1.82) is 0 Å². The van der Waals surface area contributed by atoms with Crippen LogP contribution in [0.3, 0.4) is 0 Å². The maximum Gasteiger partial charge on any atom is 0.341 e. The van der Waals surface area contributed by atoms with Gasteiger partial charge in [-0.05, 0) is 32.0 Å². The van der Waals surface area contributed by atoms with E-state index in [0.717, 1.165) is 5.69 Å². The summed E-state index contributed by atoms with van der Waals surface area (Å²) in [5.41, 5.74) is 1.90. The Hall–Kier alpha value is -2.01. The zero-order valence-corrected chi connectivity index (χ0v) is 12.3. The zero-order valence-electron chi connectivity index (χ0n) is 11.5. The second kappa shape index (κ2) is 5.96. The van der Waals surface area contributed by atoms with Crippen molar-refractivity contribution in [3.05, 3.63) is 40.7 Å². The Morgan fingerprint density at radius 3 is 2.80 bits per heavy atom. The fraction of sp³-hybridized carbons (Fsp3) is 0.286. The van der Waals surface area contributed by atoms with Crippen LogP contribution in [-0.2, 0) is 4.74 Å². The predicted octanol–water partition coefficient (Wildman–Crippen LogP) is 3.02. The molecule has 0 radical (unpaired) electrons. The molecule has 2 rings (SSSR count). The van der Waals surface area contributed by atoms with E-state index >= 15 is 0 Å². The molecule has 0 bridgehead atoms. The molecule has 0 amide bonds. The van der Waals surface area contributed by atoms with Gasteiger partial charge in [0.05, 0.1) is 36.3 Å². The van der Waals surface area contributed by atoms with Gasteiger partial charge in [-0.2, -0.15) is 5.10 Å². The summed E-state index contributed by atoms with van der Waals surface area (Å²) in [6, 6.07) is 5.30. The van der Waals surface area contributed by atoms with Gasteiger partial charge in [0.2, 0.25) is 0 Å². The van der Waals surface area contributed by atoms with Gasteiger partial charge in [0.1, 0.15) is 11.3 Å². The molecule has 0 aliphatic heterocycles. The van der Waals surface area contributed by atoms with Crippen LogP contribution in [0.5, 0.6) is 5.75 Å². The second-order valence-electron chi connectivity index (χ2n) is 4.09. The van der Waals surface area contributed by atoms with E-state index in [0.29, 0.717) is 28.6 Å². The normalized spacial score (nSPS) is 10.4. The van der Waals surface area contributed by atoms with E-state index in [1.54, 1.807) is 37.8 Å². The zero-order chi connectivity index (χ0) is 14.7. The number of esters is 1. The molecule has 2 aromatic rings. The van der Waals surface area contributed by atoms with Crippen LogP contribution in [0.2, 0.25) is 5.02 Å². The minimum Gasteiger partial charge on any atom is -0.495 e. The molecule has 106 valence electrons. The first kappa shape index (κ1) is 14.4. The van der Waals surface area contributed by atoms with Gasteiger partial charge in [-0.15, -0.1) is 0 Å². The number of aromatic nitrogens is 2. The van der Waals surface area contributed by atoms with Crippen LogP contribution < -0.4 is 4.74 Å². The molecule has 1 heterocycles. The molecule has 0 saturated heterocycles. The first-order chi connectivity index (χ1) is 9.58. The van der Waals surface area contributed by atoms with Crippen molar-refractivity contribution in [2.24, 2.45) is 0 Å². The number of benzene rings is 1. The average molecular weight is 295 g/mol. The summed E-state index contributed by atoms with van der Waals surface area (Å²) in [7, 11) is 1.55. The van der Waals surface area contributed by atoms with Crippen molar-refractivity contribution in [3.63, 3.8) is 0 Å². The van der Waals surface area contributed by atoms with Gasteiger partial charge in [-0.1, -0.05) is 11.6 Å². The number of hydrogen-bond donors (Lipinski definition) is 0. The molecular weight excluding hydrogens is 280 g/mol. The fourth-order valence-corrected chi connectivity index (χ4v) is 2.12. The third kappa shape index (κ3) is 2.63. The third-order valence-corrected chi connectivity index (χ3v) is 3.18. The van der Waals surface area contributed by atoms with Gasteiger partial charge in [-0.25, -0.2) is 9.48 Å². The van der Waals surface area contributed by atoms with Gasteiger partial charge in [0.25, 0.3) is 0 Å². The Bertz CT molecular complexity index is 637. The number of methoxy groups -OCH3 is 1. The van der Waals surface area contributed by atoms with Crippen LogP contribution in [0.1, 0.15) is 23.0 Å². The lowest BCUT2D eigenvalue weighted by molar-refractivity contribution is 0.0525. The second-order valence-corrected chi connectivity index (χ2v) is 4.50. The maximum atomic E-state index is 11.8. The topological polar surface area (TPSA) is 53.3 Å². The molecule has 0 aliphatic rings. The van der Waals surface area contributed by atoms with Crippen molar-refractivity contribution in [2.75, 3.05) is 13.7 Å². The van der Waals surface area contributed by atoms with Crippen LogP contribution >= 0.6 is 11.6 Å². The van der Waals surface area contributed by atoms with E-state index in [1.165, 1.54) is 6.20 Å². The molecule has 0 N–H and O–H groups in total. The van der Waals surface area contributed by atoms with Gasteiger partial charge in [0, 0.05) is 0 Å². The van der Waals surface area contributed by atoms with E-state index in [9.17, 15) is 4.79 Å². The number of halogens is 1. The molecule has 0 atom stereocenters. The molecule has 5 nitrogen and oxygen atoms in total. The van der Waals surface area contributed by atoms with Crippen molar-refractivity contribution in [3.8, 4) is 11.4 Å². The van der Waals surface area contributed by atoms with E-state index in [2.05, 4.69) is 5.10 Å². The molecule has 20 heavy (non-hydrogen) atoms. The number of nitrogens with zero attached hydrogens (tertiary/aromatic N) is 2. The molecule has 0 aliphatic carbocycles. The summed E-state index contributed by atoms with van der Waals surface area (Å²) in [6.07, 6.45) is 1.49. The number of ether oxygens (including phenoxy) is 2. The lowest BCUT2D eigenvalue weighted by Crippen LogP contribution is -2.07. The molecule has 6 heteroatoms. The van der Waals surface area contributed by atoms with E-state index in [1.807, 2.05) is 6.07 Å². The van der Waals surface area contributed by atoms with Crippen LogP contribution in [0, 0.1) is 6.92 Å². The number of hydrogen-bond acceptors (Lipinski definition) is 4. The smallest absolute Gasteiger partial charge is 0.341 e. The first-order valence-corrected chi connectivity index (χ1v) is 6.52. The molecule has 1 aromatic carbocycles. The number of carbonyl (C=O) groups is 1. The van der Waals surface area contributed by atoms with E-state index in [4.69, 9.17) is 21.1 Å². The molecule has 1 aromatic heterocycles. The van der Waals surface area contributed by atoms with Crippen molar-refractivity contribution in [2.45, 2.75) is 13.8 Å². The molecule has 0 spiro atoms. The number of rotatable bonds is 4. The van der Waals surface area contributed by atoms with Gasteiger partial charge < -0.3 is 9.47 Å². The highest BCUT2D eigenvalue weighted by atomic mass is 35.5. The van der Waals surface area contributed by atoms with Crippen LogP contribution in [0.25, 0.3) is 5.69 Å². The molecular formula is C14H15ClN2O3. The highest BCUT2D eigenvalue weighted by Gasteiger charge is 2.16. The standard InChI is InChI=1S/C14H15ClN2O3/c1-4-20-14(18)11-8-16-17(9(11)2)10-5-6-13(19-3)12(15)7-10/h5-8H,4H2,1-3H3. The van der Waals surface area contributed by atoms with Gasteiger partial charge >= 0.3 is 5.97 Å². The van der Waals surface area contributed by atoms with Gasteiger partial charge in [0.15, 0.2) is 0 Å². The minimum absolute atomic E-state index is 0.331. The SMILES string of the molecule is CCOC(=O)c1cnn(-c2ccc(OC)c(Cl)c2)c1C. The summed E-state index contributed by atoms with van der Waals surface area (Å²) in [4.78, 5) is 11.8. The predicted molar refractivity (Wildman–Crippen MR) is 75.8 cm³/mol. The average Bonchev–Trinajstić information content (AvgIpc) is 2.81. The molecule has 0 saturated carbocycles. The van der Waals surface area contributed by atoms with E-state index < -0.39 is 0 Å². The number of carbonyl (C=O) groups excluding carboxylic acids is 1. The summed E-state index contributed by atoms with van der Waals surface area (Å²) in [5.74, 6) is 0.210. The highest BCUT2D eigenvalue weighted by Crippen LogP contribution is 2.27. The Morgan fingerprint density at radius 2 is 2.20 bits per heavy atom. The van der Waals surface area contributed by atoms with Crippen LogP contribution in [0.15, 0.2) is 24.4 Å². The Balaban J connectivity index is 2.39. The summed E-state index contributed by atoms with van der Waals surface area (Å²) in [5, 5.41) is 4.69. The summed E-state index contributed by atoms with van der Waals surface area (Å²) in [6.45, 7) is 3.90. The largest absolute Gasteiger partial charge is 0.495 e. The fourth-order valence-electron chi connectivity index (χ4n) is 1.87. The lowest BCUT2D eigenvalue weighted by atomic mass is 10.2. The summed E-state index contributed by atoms with van der Waals surface area (Å²) >= 11 is 6.09. The summed E-state index contributed by atoms with van der Waals surface area (Å²) < 4.78 is 11.7. The lowest BCUT2D eigenvalue weighted by Gasteiger charge is -2.08. The third-order valence-electron chi connectivity index (χ3n) is 2.89. The molecule has 0 fully saturated rings. The van der Waals surface area contributed by atoms with Crippen molar-refractivity contribution in [1.82, 2.24) is 9.78 Å². The maximum absolute atomic E-state index is 11.8. The minimum atomic E-state index is -0.379. The highest BCUT2D eigenvalue weighted by molar-refractivity contribution is 6.32. The van der Waals surface area contributed by atoms with E-state index in [-0.39, 0.29) is 5.97 Å². The quantitative estimate of drug-likeness (QED) is 0.813. The van der Waals surface area contributed by atoms with Crippen LogP contribution in [-0.4, -0.2) is 29.5 Å². The van der Waals surface area contributed by atoms with Gasteiger partial charge in [-0.3, -0.25) is 0 Å². The van der Waals surface area contributed by atoms with Crippen LogP contribution in [0.4, 0.5) is 0 Å². The Morgan fingerprint density at radius 1 is 1.45 bits per heavy atom.